The van der Waals surface area contributed by atoms with Crippen molar-refractivity contribution in [1.29, 1.82) is 0 Å². The van der Waals surface area contributed by atoms with Gasteiger partial charge >= 0.3 is 0 Å². The molecule has 3 nitrogen and oxygen atoms in total. The van der Waals surface area contributed by atoms with Crippen molar-refractivity contribution in [3.63, 3.8) is 0 Å². The van der Waals surface area contributed by atoms with E-state index in [1.807, 2.05) is 12.1 Å². The normalized spacial score (nSPS) is 17.2. The van der Waals surface area contributed by atoms with Crippen molar-refractivity contribution in [3.05, 3.63) is 24.3 Å². The topological polar surface area (TPSA) is 43.8 Å². The molecule has 2 N–H and O–H groups in total. The third-order valence-corrected chi connectivity index (χ3v) is 3.59. The molecule has 1 aliphatic rings. The maximum Gasteiger partial charge on any atom is 0.153 e. The summed E-state index contributed by atoms with van der Waals surface area (Å²) in [5, 5.41) is 5.53. The maximum atomic E-state index is 5.92. The highest BCUT2D eigenvalue weighted by Crippen LogP contribution is 2.28. The van der Waals surface area contributed by atoms with E-state index in [0.717, 1.165) is 17.8 Å². The van der Waals surface area contributed by atoms with E-state index in [-0.39, 0.29) is 0 Å². The molecule has 0 radical (unpaired) electrons. The standard InChI is InChI=1S/C13H17N3/c14-13-11-7-3-4-8-12(11)16(15-13)9-10-5-1-2-6-10/h3-4,7-8,10H,1-2,5-6,9H2,(H2,14,15). The molecule has 0 bridgehead atoms. The molecule has 0 aliphatic heterocycles. The molecule has 1 aromatic carbocycles. The number of anilines is 1. The zero-order valence-electron chi connectivity index (χ0n) is 9.39. The molecule has 84 valence electrons. The van der Waals surface area contributed by atoms with Crippen molar-refractivity contribution in [3.8, 4) is 0 Å². The summed E-state index contributed by atoms with van der Waals surface area (Å²) in [6.45, 7) is 1.03. The van der Waals surface area contributed by atoms with Crippen molar-refractivity contribution >= 4 is 16.7 Å². The number of hydrogen-bond acceptors (Lipinski definition) is 2. The molecule has 1 aliphatic carbocycles. The van der Waals surface area contributed by atoms with Crippen LogP contribution in [0.5, 0.6) is 0 Å². The fraction of sp³-hybridized carbons (Fsp3) is 0.462. The van der Waals surface area contributed by atoms with Gasteiger partial charge in [-0.25, -0.2) is 0 Å². The van der Waals surface area contributed by atoms with Gasteiger partial charge in [0.25, 0.3) is 0 Å². The van der Waals surface area contributed by atoms with Gasteiger partial charge in [-0.05, 0) is 30.9 Å². The molecule has 1 fully saturated rings. The molecule has 1 heterocycles. The summed E-state index contributed by atoms with van der Waals surface area (Å²) in [6, 6.07) is 8.21. The Bertz CT molecular complexity index is 495. The Balaban J connectivity index is 1.96. The molecule has 0 amide bonds. The van der Waals surface area contributed by atoms with Crippen molar-refractivity contribution in [1.82, 2.24) is 9.78 Å². The second-order valence-corrected chi connectivity index (χ2v) is 4.73. The lowest BCUT2D eigenvalue weighted by atomic mass is 10.1. The van der Waals surface area contributed by atoms with Crippen LogP contribution in [0.3, 0.4) is 0 Å². The maximum absolute atomic E-state index is 5.92. The van der Waals surface area contributed by atoms with Crippen molar-refractivity contribution in [2.24, 2.45) is 5.92 Å². The summed E-state index contributed by atoms with van der Waals surface area (Å²) in [4.78, 5) is 0. The van der Waals surface area contributed by atoms with E-state index in [2.05, 4.69) is 21.9 Å². The Hall–Kier alpha value is -1.51. The van der Waals surface area contributed by atoms with Crippen LogP contribution in [0.1, 0.15) is 25.7 Å². The average molecular weight is 215 g/mol. The summed E-state index contributed by atoms with van der Waals surface area (Å²) in [5.41, 5.74) is 7.09. The minimum atomic E-state index is 0.661. The smallest absolute Gasteiger partial charge is 0.153 e. The minimum Gasteiger partial charge on any atom is -0.382 e. The lowest BCUT2D eigenvalue weighted by molar-refractivity contribution is 0.439. The first-order valence-electron chi connectivity index (χ1n) is 6.05. The molecule has 0 atom stereocenters. The van der Waals surface area contributed by atoms with Gasteiger partial charge in [0.1, 0.15) is 0 Å². The Morgan fingerprint density at radius 3 is 2.81 bits per heavy atom. The van der Waals surface area contributed by atoms with Crippen LogP contribution in [0, 0.1) is 5.92 Å². The molecule has 0 spiro atoms. The van der Waals surface area contributed by atoms with Gasteiger partial charge in [-0.3, -0.25) is 4.68 Å². The summed E-state index contributed by atoms with van der Waals surface area (Å²) in [6.07, 6.45) is 5.43. The summed E-state index contributed by atoms with van der Waals surface area (Å²) in [7, 11) is 0. The number of rotatable bonds is 2. The van der Waals surface area contributed by atoms with E-state index in [1.165, 1.54) is 31.2 Å². The third-order valence-electron chi connectivity index (χ3n) is 3.59. The van der Waals surface area contributed by atoms with E-state index < -0.39 is 0 Å². The van der Waals surface area contributed by atoms with Crippen LogP contribution < -0.4 is 5.73 Å². The van der Waals surface area contributed by atoms with Gasteiger partial charge in [-0.1, -0.05) is 25.0 Å². The fourth-order valence-corrected chi connectivity index (χ4v) is 2.73. The lowest BCUT2D eigenvalue weighted by Crippen LogP contribution is -2.08. The number of benzene rings is 1. The highest BCUT2D eigenvalue weighted by atomic mass is 15.3. The van der Waals surface area contributed by atoms with Gasteiger partial charge in [-0.2, -0.15) is 5.10 Å². The summed E-state index contributed by atoms with van der Waals surface area (Å²) >= 11 is 0. The summed E-state index contributed by atoms with van der Waals surface area (Å²) in [5.74, 6) is 1.45. The van der Waals surface area contributed by atoms with Crippen LogP contribution in [0.4, 0.5) is 5.82 Å². The van der Waals surface area contributed by atoms with E-state index in [4.69, 9.17) is 5.73 Å². The van der Waals surface area contributed by atoms with E-state index in [0.29, 0.717) is 5.82 Å². The number of nitrogens with zero attached hydrogens (tertiary/aromatic N) is 2. The molecule has 1 aromatic heterocycles. The molecule has 0 saturated heterocycles. The van der Waals surface area contributed by atoms with Crippen LogP contribution in [-0.2, 0) is 6.54 Å². The molecule has 3 heteroatoms. The molecule has 0 unspecified atom stereocenters. The second-order valence-electron chi connectivity index (χ2n) is 4.73. The number of nitrogens with two attached hydrogens (primary N) is 1. The van der Waals surface area contributed by atoms with Crippen LogP contribution in [0.2, 0.25) is 0 Å². The van der Waals surface area contributed by atoms with Gasteiger partial charge in [0.05, 0.1) is 5.52 Å². The lowest BCUT2D eigenvalue weighted by Gasteiger charge is -2.09. The Morgan fingerprint density at radius 1 is 1.25 bits per heavy atom. The third kappa shape index (κ3) is 1.56. The van der Waals surface area contributed by atoms with E-state index >= 15 is 0 Å². The number of fused-ring (bicyclic) bond motifs is 1. The first-order chi connectivity index (χ1) is 7.84. The van der Waals surface area contributed by atoms with Crippen LogP contribution >= 0.6 is 0 Å². The largest absolute Gasteiger partial charge is 0.382 e. The van der Waals surface area contributed by atoms with Crippen molar-refractivity contribution < 1.29 is 0 Å². The monoisotopic (exact) mass is 215 g/mol. The Morgan fingerprint density at radius 2 is 2.00 bits per heavy atom. The van der Waals surface area contributed by atoms with Crippen molar-refractivity contribution in [2.45, 2.75) is 32.2 Å². The highest BCUT2D eigenvalue weighted by Gasteiger charge is 2.17. The van der Waals surface area contributed by atoms with Gasteiger partial charge in [0, 0.05) is 11.9 Å². The highest BCUT2D eigenvalue weighted by molar-refractivity contribution is 5.88. The number of aromatic nitrogens is 2. The number of nitrogen functional groups attached to an aromatic ring is 1. The second kappa shape index (κ2) is 3.81. The van der Waals surface area contributed by atoms with Gasteiger partial charge in [0.2, 0.25) is 0 Å². The van der Waals surface area contributed by atoms with Crippen LogP contribution in [0.15, 0.2) is 24.3 Å². The molecule has 2 aromatic rings. The van der Waals surface area contributed by atoms with Crippen molar-refractivity contribution in [2.75, 3.05) is 5.73 Å². The van der Waals surface area contributed by atoms with E-state index in [1.54, 1.807) is 0 Å². The zero-order valence-corrected chi connectivity index (χ0v) is 9.39. The summed E-state index contributed by atoms with van der Waals surface area (Å²) < 4.78 is 2.08. The molecule has 3 rings (SSSR count). The quantitative estimate of drug-likeness (QED) is 0.837. The predicted octanol–water partition coefficient (Wildman–Crippen LogP) is 2.81. The Kier molecular flexibility index (Phi) is 2.31. The first kappa shape index (κ1) is 9.70. The molecule has 1 saturated carbocycles. The molecule has 16 heavy (non-hydrogen) atoms. The number of para-hydroxylation sites is 1. The zero-order chi connectivity index (χ0) is 11.0. The van der Waals surface area contributed by atoms with Crippen LogP contribution in [-0.4, -0.2) is 9.78 Å². The van der Waals surface area contributed by atoms with Gasteiger partial charge < -0.3 is 5.73 Å². The Labute approximate surface area is 95.2 Å². The average Bonchev–Trinajstić information content (AvgIpc) is 2.90. The minimum absolute atomic E-state index is 0.661. The van der Waals surface area contributed by atoms with Gasteiger partial charge in [-0.15, -0.1) is 0 Å². The SMILES string of the molecule is Nc1nn(CC2CCCC2)c2ccccc12. The fourth-order valence-electron chi connectivity index (χ4n) is 2.73. The predicted molar refractivity (Wildman–Crippen MR) is 66.1 cm³/mol. The first-order valence-corrected chi connectivity index (χ1v) is 6.05. The van der Waals surface area contributed by atoms with E-state index in [9.17, 15) is 0 Å². The molecular weight excluding hydrogens is 198 g/mol. The molecular formula is C13H17N3. The van der Waals surface area contributed by atoms with Crippen LogP contribution in [0.25, 0.3) is 10.9 Å². The number of hydrogen-bond donors (Lipinski definition) is 1. The van der Waals surface area contributed by atoms with Gasteiger partial charge in [0.15, 0.2) is 5.82 Å².